The van der Waals surface area contributed by atoms with Gasteiger partial charge in [0.15, 0.2) is 0 Å². The van der Waals surface area contributed by atoms with Gasteiger partial charge in [-0.15, -0.1) is 23.1 Å². The van der Waals surface area contributed by atoms with Gasteiger partial charge in [-0.2, -0.15) is 13.2 Å². The van der Waals surface area contributed by atoms with E-state index in [0.29, 0.717) is 108 Å². The van der Waals surface area contributed by atoms with Gasteiger partial charge in [-0.1, -0.05) is 99.3 Å². The van der Waals surface area contributed by atoms with E-state index in [9.17, 15) is 59.1 Å². The van der Waals surface area contributed by atoms with Gasteiger partial charge in [0.05, 0.1) is 38.8 Å². The van der Waals surface area contributed by atoms with E-state index in [1.54, 1.807) is 46.0 Å². The number of rotatable bonds is 28. The zero-order valence-corrected chi connectivity index (χ0v) is 63.8. The topological polar surface area (TPSA) is 251 Å². The van der Waals surface area contributed by atoms with Crippen LogP contribution in [0.1, 0.15) is 138 Å². The number of nitrogens with zero attached hydrogens (tertiary/aromatic N) is 6. The van der Waals surface area contributed by atoms with Crippen molar-refractivity contribution >= 4 is 101 Å². The number of likely N-dealkylation sites (tertiary alicyclic amines) is 1. The maximum Gasteiger partial charge on any atom is 0.501 e. The van der Waals surface area contributed by atoms with Crippen molar-refractivity contribution in [1.82, 2.24) is 39.9 Å². The van der Waals surface area contributed by atoms with Crippen LogP contribution in [0.25, 0.3) is 16.0 Å². The quantitative estimate of drug-likeness (QED) is 0.0174. The minimum absolute atomic E-state index is 0.0443. The van der Waals surface area contributed by atoms with Crippen molar-refractivity contribution in [3.63, 3.8) is 0 Å². The van der Waals surface area contributed by atoms with Crippen LogP contribution < -0.4 is 25.6 Å². The number of thioether (sulfide) groups is 1. The van der Waals surface area contributed by atoms with Crippen molar-refractivity contribution in [2.75, 3.05) is 88.0 Å². The number of carbonyl (C=O) groups is 5. The normalized spacial score (nSPS) is 18.3. The lowest BCUT2D eigenvalue weighted by atomic mass is 9.85. The van der Waals surface area contributed by atoms with E-state index in [1.165, 1.54) is 40.4 Å². The molecular formula is C76H93ClF4N10O10S4. The number of aromatic nitrogens is 1. The average molecular weight is 1550 g/mol. The van der Waals surface area contributed by atoms with Gasteiger partial charge in [0.1, 0.15) is 22.8 Å². The van der Waals surface area contributed by atoms with Gasteiger partial charge in [-0.05, 0) is 148 Å². The van der Waals surface area contributed by atoms with Crippen molar-refractivity contribution < 1.29 is 63.5 Å². The molecule has 29 heteroatoms. The highest BCUT2D eigenvalue weighted by molar-refractivity contribution is 7.99. The number of sulfone groups is 1. The van der Waals surface area contributed by atoms with Crippen molar-refractivity contribution in [2.24, 2.45) is 5.41 Å². The molecule has 0 spiro atoms. The molecule has 0 bridgehead atoms. The second-order valence-electron chi connectivity index (χ2n) is 28.5. The summed E-state index contributed by atoms with van der Waals surface area (Å²) in [6.07, 6.45) is 5.93. The summed E-state index contributed by atoms with van der Waals surface area (Å²) in [4.78, 5) is 82.3. The number of carbonyl (C=O) groups excluding carboxylic acids is 5. The molecular weight excluding hydrogens is 1450 g/mol. The highest BCUT2D eigenvalue weighted by atomic mass is 35.5. The molecule has 5 atom stereocenters. The smallest absolute Gasteiger partial charge is 0.391 e. The average Bonchev–Trinajstić information content (AvgIpc) is 1.50. The summed E-state index contributed by atoms with van der Waals surface area (Å²) in [5, 5.41) is 20.0. The fraction of sp³-hybridized carbons (Fsp3) is 0.474. The first-order chi connectivity index (χ1) is 49.9. The van der Waals surface area contributed by atoms with Gasteiger partial charge in [0.2, 0.25) is 23.6 Å². The van der Waals surface area contributed by atoms with Crippen LogP contribution >= 0.6 is 34.7 Å². The Morgan fingerprint density at radius 3 is 2.13 bits per heavy atom. The van der Waals surface area contributed by atoms with Gasteiger partial charge < -0.3 is 35.8 Å². The van der Waals surface area contributed by atoms with E-state index in [0.717, 1.165) is 82.1 Å². The van der Waals surface area contributed by atoms with Crippen LogP contribution in [0.3, 0.4) is 0 Å². The molecule has 5 amide bonds. The molecule has 566 valence electrons. The van der Waals surface area contributed by atoms with E-state index in [4.69, 9.17) is 11.6 Å². The molecule has 4 aliphatic rings. The number of aryl methyl sites for hydroxylation is 1. The van der Waals surface area contributed by atoms with Crippen LogP contribution in [0, 0.1) is 18.2 Å². The number of anilines is 2. The number of alkyl halides is 3. The van der Waals surface area contributed by atoms with Crippen molar-refractivity contribution in [2.45, 2.75) is 162 Å². The van der Waals surface area contributed by atoms with Gasteiger partial charge in [0.25, 0.3) is 25.8 Å². The molecule has 2 unspecified atom stereocenters. The first kappa shape index (κ1) is 80.1. The van der Waals surface area contributed by atoms with Crippen LogP contribution in [0.15, 0.2) is 141 Å². The first-order valence-electron chi connectivity index (χ1n) is 35.7. The number of thiazole rings is 1. The molecule has 3 fully saturated rings. The number of β-amino-alcohol motifs (C(OH)–C–C–N with tert-alkyl or cyclic N) is 1. The number of sulfonamides is 1. The lowest BCUT2D eigenvalue weighted by Gasteiger charge is -2.37. The number of benzene rings is 5. The Hall–Kier alpha value is -7.44. The number of aliphatic hydroxyl groups excluding tert-OH is 1. The number of allylic oxidation sites excluding steroid dienone is 1. The SMILES string of the molecule is Cc1ncsc1-c1ccc([C@H](C)NC(=O)[C@@H]2C[C@@H](O)CN2C(=O)C(NC(=O)CCCCCC(=O)N2CCN(CCC(CSc3ccccc3)Nc3ccc(S(=O)(=O)NC(=O)c4ccc(N5CCN(CC6=C(c7ccc(Cl)cc7F)CCCCC6)CC5)cc4)cc3S(=O)(=O)C(F)(F)F)CC2)C(C)(C)C)cc1. The Bertz CT molecular complexity index is 4300. The summed E-state index contributed by atoms with van der Waals surface area (Å²) in [5.41, 5.74) is 1.06. The maximum atomic E-state index is 15.1. The van der Waals surface area contributed by atoms with E-state index in [-0.39, 0.29) is 54.8 Å². The van der Waals surface area contributed by atoms with Gasteiger partial charge in [-0.3, -0.25) is 33.8 Å². The molecule has 5 N–H and O–H groups in total. The van der Waals surface area contributed by atoms with Gasteiger partial charge in [-0.25, -0.2) is 30.9 Å². The third kappa shape index (κ3) is 21.0. The molecule has 3 saturated heterocycles. The van der Waals surface area contributed by atoms with E-state index in [2.05, 4.69) is 35.6 Å². The Kier molecular flexibility index (Phi) is 27.1. The second kappa shape index (κ2) is 35.5. The zero-order valence-electron chi connectivity index (χ0n) is 59.7. The second-order valence-corrected chi connectivity index (χ2v) is 34.5. The summed E-state index contributed by atoms with van der Waals surface area (Å²) < 4.78 is 115. The molecule has 3 aliphatic heterocycles. The molecule has 1 aromatic heterocycles. The molecule has 0 saturated carbocycles. The van der Waals surface area contributed by atoms with Crippen molar-refractivity contribution in [3.05, 3.63) is 160 Å². The highest BCUT2D eigenvalue weighted by Crippen LogP contribution is 2.39. The summed E-state index contributed by atoms with van der Waals surface area (Å²) in [7, 11) is -11.2. The molecule has 10 rings (SSSR count). The summed E-state index contributed by atoms with van der Waals surface area (Å²) in [5.74, 6) is -2.48. The number of hydrogen-bond donors (Lipinski definition) is 5. The minimum atomic E-state index is -6.20. The summed E-state index contributed by atoms with van der Waals surface area (Å²) >= 11 is 9.01. The van der Waals surface area contributed by atoms with Gasteiger partial charge >= 0.3 is 5.51 Å². The van der Waals surface area contributed by atoms with Crippen LogP contribution in [0.4, 0.5) is 28.9 Å². The number of aliphatic hydroxyl groups is 1. The third-order valence-electron chi connectivity index (χ3n) is 19.9. The van der Waals surface area contributed by atoms with Crippen LogP contribution in [-0.4, -0.2) is 184 Å². The number of halogens is 5. The third-order valence-corrected chi connectivity index (χ3v) is 25.1. The molecule has 6 aromatic rings. The van der Waals surface area contributed by atoms with Crippen LogP contribution in [-0.2, 0) is 39.0 Å². The maximum absolute atomic E-state index is 15.1. The standard InChI is InChI=1S/C76H93ClF4N10O10S4/c1-50(52-21-23-53(24-22-52)70-51(2)82-49-103-70)83-73(96)66-44-59(92)47-91(66)74(97)71(75(3,4)5)85-68(93)19-13-8-14-20-69(94)90-41-35-87(36-42-90)34-33-57(48-102-60-16-10-7-11-17-60)84-65-32-30-61(45-67(65)104(98,99)76(79,80)81)105(100,101)86-72(95)54-25-28-58(29-26-54)89-39-37-88(38-40-89)46-55-15-9-6-12-18-62(55)63-31-27-56(77)43-64(63)78/h7,10-11,16-17,21-32,43,45,49-50,57,59,66,71,84,92H,6,8-9,12-15,18-20,33-42,44,46-48H2,1-5H3,(H,83,96)(H,85,93)(H,86,95)/t50-,57?,59+,66-,71?/m0/s1. The Labute approximate surface area is 626 Å². The predicted molar refractivity (Wildman–Crippen MR) is 402 cm³/mol. The molecule has 0 radical (unpaired) electrons. The highest BCUT2D eigenvalue weighted by Gasteiger charge is 2.49. The van der Waals surface area contributed by atoms with Crippen LogP contribution in [0.5, 0.6) is 0 Å². The zero-order chi connectivity index (χ0) is 75.4. The molecule has 4 heterocycles. The summed E-state index contributed by atoms with van der Waals surface area (Å²) in [6, 6.07) is 27.3. The Morgan fingerprint density at radius 1 is 0.781 bits per heavy atom. The fourth-order valence-electron chi connectivity index (χ4n) is 13.8. The van der Waals surface area contributed by atoms with E-state index >= 15 is 4.39 Å². The first-order valence-corrected chi connectivity index (χ1v) is 40.9. The van der Waals surface area contributed by atoms with Gasteiger partial charge in [0, 0.05) is 130 Å². The lowest BCUT2D eigenvalue weighted by Crippen LogP contribution is -2.57. The van der Waals surface area contributed by atoms with E-state index < -0.39 is 94.3 Å². The van der Waals surface area contributed by atoms with E-state index in [1.807, 2.05) is 93.9 Å². The van der Waals surface area contributed by atoms with Crippen molar-refractivity contribution in [3.8, 4) is 10.4 Å². The Balaban J connectivity index is 0.690. The molecule has 5 aromatic carbocycles. The molecule has 105 heavy (non-hydrogen) atoms. The molecule has 20 nitrogen and oxygen atoms in total. The number of piperazine rings is 2. The number of unbranched alkanes of at least 4 members (excludes halogenated alkanes) is 2. The summed E-state index contributed by atoms with van der Waals surface area (Å²) in [6.45, 7) is 14.7. The largest absolute Gasteiger partial charge is 0.501 e. The monoisotopic (exact) mass is 1540 g/mol. The number of nitrogens with one attached hydrogen (secondary N) is 4. The lowest BCUT2D eigenvalue weighted by molar-refractivity contribution is -0.144. The van der Waals surface area contributed by atoms with Crippen molar-refractivity contribution in [1.29, 1.82) is 0 Å². The fourth-order valence-corrected chi connectivity index (χ4v) is 17.8. The van der Waals surface area contributed by atoms with Crippen LogP contribution in [0.2, 0.25) is 5.02 Å². The Morgan fingerprint density at radius 2 is 1.47 bits per heavy atom. The minimum Gasteiger partial charge on any atom is -0.391 e. The molecule has 1 aliphatic carbocycles. The number of amides is 5. The number of hydrogen-bond acceptors (Lipinski definition) is 17. The predicted octanol–water partition coefficient (Wildman–Crippen LogP) is 12.3.